The van der Waals surface area contributed by atoms with Crippen molar-refractivity contribution in [2.45, 2.75) is 26.6 Å². The number of aromatic nitrogens is 2. The van der Waals surface area contributed by atoms with Crippen LogP contribution in [0.15, 0.2) is 36.7 Å². The van der Waals surface area contributed by atoms with Gasteiger partial charge < -0.3 is 10.2 Å². The third kappa shape index (κ3) is 7.14. The van der Waals surface area contributed by atoms with Crippen LogP contribution in [0.1, 0.15) is 29.4 Å². The highest BCUT2D eigenvalue weighted by molar-refractivity contribution is 5.70. The number of pyridine rings is 2. The van der Waals surface area contributed by atoms with Gasteiger partial charge in [-0.2, -0.15) is 0 Å². The Kier molecular flexibility index (Phi) is 4.21. The first-order chi connectivity index (χ1) is 12.3. The third-order valence-corrected chi connectivity index (χ3v) is 2.34. The van der Waals surface area contributed by atoms with Crippen LogP contribution >= 0.6 is 0 Å². The minimum atomic E-state index is -2.57. The van der Waals surface area contributed by atoms with E-state index in [0.29, 0.717) is 0 Å². The molecular weight excluding hydrogens is 284 g/mol. The van der Waals surface area contributed by atoms with Gasteiger partial charge in [0.2, 0.25) is 0 Å². The maximum Gasteiger partial charge on any atom is 0.307 e. The van der Waals surface area contributed by atoms with Crippen molar-refractivity contribution in [3.8, 4) is 0 Å². The average molecular weight is 307 g/mol. The number of rotatable bonds is 4. The van der Waals surface area contributed by atoms with Crippen LogP contribution in [0.2, 0.25) is 0 Å². The van der Waals surface area contributed by atoms with Gasteiger partial charge in [-0.25, -0.2) is 0 Å². The Labute approximate surface area is 135 Å². The maximum absolute atomic E-state index is 10.6. The Morgan fingerprint density at radius 3 is 2.09 bits per heavy atom. The summed E-state index contributed by atoms with van der Waals surface area (Å²) in [7, 11) is 0. The molecule has 0 aliphatic carbocycles. The molecular formula is C16H18N2O4. The molecule has 2 N–H and O–H groups in total. The molecule has 0 aromatic carbocycles. The Hall–Kier alpha value is -2.76. The highest BCUT2D eigenvalue weighted by Crippen LogP contribution is 2.00. The van der Waals surface area contributed by atoms with E-state index in [2.05, 4.69) is 9.97 Å². The van der Waals surface area contributed by atoms with Crippen LogP contribution in [0.4, 0.5) is 0 Å². The largest absolute Gasteiger partial charge is 0.481 e. The van der Waals surface area contributed by atoms with Crippen molar-refractivity contribution in [1.29, 1.82) is 0 Å². The second-order valence-corrected chi connectivity index (χ2v) is 4.24. The first-order valence-electron chi connectivity index (χ1n) is 8.67. The molecule has 2 heterocycles. The highest BCUT2D eigenvalue weighted by Gasteiger charge is 1.99. The lowest BCUT2D eigenvalue weighted by molar-refractivity contribution is -0.137. The number of hydrogen-bond acceptors (Lipinski definition) is 4. The zero-order valence-corrected chi connectivity index (χ0v) is 11.8. The summed E-state index contributed by atoms with van der Waals surface area (Å²) in [4.78, 5) is 28.3. The molecule has 22 heavy (non-hydrogen) atoms. The van der Waals surface area contributed by atoms with Crippen LogP contribution in [0, 0.1) is 13.8 Å². The lowest BCUT2D eigenvalue weighted by atomic mass is 10.2. The first-order valence-corrected chi connectivity index (χ1v) is 6.17. The molecule has 6 nitrogen and oxygen atoms in total. The van der Waals surface area contributed by atoms with Gasteiger partial charge in [-0.1, -0.05) is 12.1 Å². The predicted octanol–water partition coefficient (Wildman–Crippen LogP) is 2.03. The Bertz CT molecular complexity index is 790. The molecule has 0 aliphatic rings. The van der Waals surface area contributed by atoms with E-state index in [9.17, 15) is 9.59 Å². The minimum absolute atomic E-state index is 0.0489. The van der Waals surface area contributed by atoms with Crippen molar-refractivity contribution in [3.05, 3.63) is 59.2 Å². The molecule has 6 heteroatoms. The summed E-state index contributed by atoms with van der Waals surface area (Å²) in [6.45, 7) is -0.515. The predicted molar refractivity (Wildman–Crippen MR) is 80.6 cm³/mol. The van der Waals surface area contributed by atoms with Gasteiger partial charge >= 0.3 is 11.9 Å². The molecule has 116 valence electrons. The maximum atomic E-state index is 10.6. The minimum Gasteiger partial charge on any atom is -0.481 e. The number of aliphatic carboxylic acids is 2. The third-order valence-electron chi connectivity index (χ3n) is 2.34. The molecule has 0 saturated heterocycles. The summed E-state index contributed by atoms with van der Waals surface area (Å²) in [5.41, 5.74) is 1.26. The van der Waals surface area contributed by atoms with Crippen LogP contribution in [0.25, 0.3) is 0 Å². The second kappa shape index (κ2) is 8.51. The van der Waals surface area contributed by atoms with E-state index in [1.165, 1.54) is 0 Å². The van der Waals surface area contributed by atoms with Crippen molar-refractivity contribution in [1.82, 2.24) is 9.97 Å². The van der Waals surface area contributed by atoms with Crippen LogP contribution in [0.5, 0.6) is 0 Å². The highest BCUT2D eigenvalue weighted by atomic mass is 16.4. The normalized spacial score (nSPS) is 14.1. The van der Waals surface area contributed by atoms with Crippen LogP contribution < -0.4 is 0 Å². The fraction of sp³-hybridized carbons (Fsp3) is 0.250. The molecule has 0 saturated carbocycles. The number of carbonyl (C=O) groups is 2. The molecule has 2 rings (SSSR count). The topological polar surface area (TPSA) is 100 Å². The fourth-order valence-electron chi connectivity index (χ4n) is 1.37. The average Bonchev–Trinajstić information content (AvgIpc) is 2.56. The molecule has 0 aliphatic heterocycles. The van der Waals surface area contributed by atoms with E-state index < -0.39 is 25.2 Å². The molecule has 0 radical (unpaired) electrons. The van der Waals surface area contributed by atoms with Gasteiger partial charge in [-0.15, -0.1) is 0 Å². The summed E-state index contributed by atoms with van der Waals surface area (Å²) < 4.78 is 35.6. The van der Waals surface area contributed by atoms with E-state index in [1.54, 1.807) is 18.3 Å². The van der Waals surface area contributed by atoms with Crippen molar-refractivity contribution < 1.29 is 26.7 Å². The quantitative estimate of drug-likeness (QED) is 0.896. The van der Waals surface area contributed by atoms with Gasteiger partial charge in [0.15, 0.2) is 0 Å². The van der Waals surface area contributed by atoms with Crippen LogP contribution in [0.3, 0.4) is 0 Å². The Morgan fingerprint density at radius 1 is 1.05 bits per heavy atom. The molecule has 0 amide bonds. The monoisotopic (exact) mass is 307 g/mol. The Morgan fingerprint density at radius 2 is 1.64 bits per heavy atom. The standard InChI is InChI=1S/2C8H9NO2/c2*1-6-2-3-7(5-9-6)4-8(10)11/h2*2-3,5H,4H2,1H3,(H,10,11)/i1D3,4D2;. The molecule has 0 fully saturated rings. The van der Waals surface area contributed by atoms with Crippen LogP contribution in [-0.4, -0.2) is 32.1 Å². The van der Waals surface area contributed by atoms with E-state index in [-0.39, 0.29) is 17.7 Å². The van der Waals surface area contributed by atoms with Crippen molar-refractivity contribution in [2.75, 3.05) is 0 Å². The number of hydrogen-bond donors (Lipinski definition) is 2. The summed E-state index contributed by atoms with van der Waals surface area (Å²) >= 11 is 0. The zero-order chi connectivity index (χ0) is 20.8. The smallest absolute Gasteiger partial charge is 0.307 e. The number of carboxylic acid groups (broad SMARTS) is 2. The fourth-order valence-corrected chi connectivity index (χ4v) is 1.37. The van der Waals surface area contributed by atoms with Gasteiger partial charge in [0, 0.05) is 30.6 Å². The van der Waals surface area contributed by atoms with Crippen LogP contribution in [-0.2, 0) is 22.4 Å². The van der Waals surface area contributed by atoms with E-state index in [4.69, 9.17) is 17.1 Å². The lowest BCUT2D eigenvalue weighted by Gasteiger charge is -1.95. The van der Waals surface area contributed by atoms with Crippen molar-refractivity contribution in [2.24, 2.45) is 0 Å². The number of carboxylic acids is 2. The van der Waals surface area contributed by atoms with Gasteiger partial charge in [-0.05, 0) is 37.0 Å². The van der Waals surface area contributed by atoms with E-state index in [0.717, 1.165) is 29.6 Å². The van der Waals surface area contributed by atoms with Gasteiger partial charge in [-0.3, -0.25) is 19.6 Å². The summed E-state index contributed by atoms with van der Waals surface area (Å²) in [6, 6.07) is 5.79. The molecule has 2 aromatic heterocycles. The number of aryl methyl sites for hydroxylation is 2. The summed E-state index contributed by atoms with van der Waals surface area (Å²) in [5.74, 6) is -2.47. The van der Waals surface area contributed by atoms with Gasteiger partial charge in [0.1, 0.15) is 0 Å². The van der Waals surface area contributed by atoms with E-state index in [1.807, 2.05) is 6.92 Å². The SMILES string of the molecule is Cc1ccc(CC(=O)O)cn1.[2H]C([2H])([2H])c1ccc(C([2H])([2H])C(=O)O)cn1. The van der Waals surface area contributed by atoms with Gasteiger partial charge in [0.05, 0.1) is 12.8 Å². The number of nitrogens with zero attached hydrogens (tertiary/aromatic N) is 2. The van der Waals surface area contributed by atoms with Crippen molar-refractivity contribution in [3.63, 3.8) is 0 Å². The lowest BCUT2D eigenvalue weighted by Crippen LogP contribution is -2.00. The molecule has 0 bridgehead atoms. The molecule has 2 aromatic rings. The Balaban J connectivity index is 0.000000289. The summed E-state index contributed by atoms with van der Waals surface area (Å²) in [6.07, 6.45) is -0.00711. The van der Waals surface area contributed by atoms with E-state index >= 15 is 0 Å². The molecule has 0 spiro atoms. The molecule has 0 atom stereocenters. The molecule has 0 unspecified atom stereocenters. The van der Waals surface area contributed by atoms with Crippen molar-refractivity contribution >= 4 is 11.9 Å². The zero-order valence-electron chi connectivity index (χ0n) is 16.8. The summed E-state index contributed by atoms with van der Waals surface area (Å²) in [5, 5.41) is 17.0. The first kappa shape index (κ1) is 10.9. The second-order valence-electron chi connectivity index (χ2n) is 4.24. The van der Waals surface area contributed by atoms with Gasteiger partial charge in [0.25, 0.3) is 0 Å².